The third-order valence-corrected chi connectivity index (χ3v) is 6.27. The molecule has 0 aliphatic heterocycles. The van der Waals surface area contributed by atoms with E-state index in [1.807, 2.05) is 30.3 Å². The minimum Gasteiger partial charge on any atom is -0.481 e. The van der Waals surface area contributed by atoms with Crippen LogP contribution in [0.4, 0.5) is 5.69 Å². The summed E-state index contributed by atoms with van der Waals surface area (Å²) in [5.74, 6) is -3.68. The second kappa shape index (κ2) is 12.5. The minimum absolute atomic E-state index is 0.226. The molecule has 0 radical (unpaired) electrons. The molecule has 0 aliphatic carbocycles. The van der Waals surface area contributed by atoms with Gasteiger partial charge in [0.05, 0.1) is 6.42 Å². The zero-order valence-electron chi connectivity index (χ0n) is 19.2. The number of nitrogens with one attached hydrogen (secondary N) is 2. The number of carboxylic acid groups (broad SMARTS) is 2. The van der Waals surface area contributed by atoms with E-state index in [9.17, 15) is 29.4 Å². The third-order valence-electron chi connectivity index (χ3n) is 5.16. The number of anilines is 1. The first-order valence-corrected chi connectivity index (χ1v) is 11.9. The van der Waals surface area contributed by atoms with E-state index in [0.29, 0.717) is 17.7 Å². The molecule has 1 aromatic heterocycles. The highest BCUT2D eigenvalue weighted by Gasteiger charge is 2.43. The SMILES string of the molecule is O=C(O)C[C@@](NC(=O)CC(Cc1ccccc1)SC(=O)c1cccnc1)(Nc1ccccc1)C(=O)O. The number of thioether (sulfide) groups is 1. The van der Waals surface area contributed by atoms with E-state index in [0.717, 1.165) is 17.3 Å². The normalized spacial score (nSPS) is 13.1. The number of carboxylic acids is 2. The van der Waals surface area contributed by atoms with Crippen LogP contribution in [0.1, 0.15) is 28.8 Å². The molecule has 0 aliphatic rings. The van der Waals surface area contributed by atoms with E-state index in [4.69, 9.17) is 0 Å². The first kappa shape index (κ1) is 26.4. The summed E-state index contributed by atoms with van der Waals surface area (Å²) < 4.78 is 0. The fraction of sp³-hybridized carbons (Fsp3) is 0.192. The van der Waals surface area contributed by atoms with Crippen molar-refractivity contribution in [3.8, 4) is 0 Å². The molecule has 3 rings (SSSR count). The van der Waals surface area contributed by atoms with Gasteiger partial charge in [-0.05, 0) is 36.2 Å². The summed E-state index contributed by atoms with van der Waals surface area (Å²) in [5.41, 5.74) is -0.709. The summed E-state index contributed by atoms with van der Waals surface area (Å²) in [6.07, 6.45) is 2.20. The smallest absolute Gasteiger partial charge is 0.351 e. The standard InChI is InChI=1S/C26H25N3O6S/c30-22(29-26(25(34)35,16-23(31)32)28-20-11-5-2-6-12-20)15-21(14-18-8-3-1-4-9-18)36-24(33)19-10-7-13-27-17-19/h1-13,17,21,28H,14-16H2,(H,29,30)(H,31,32)(H,34,35)/t21?,26-/m0/s1. The van der Waals surface area contributed by atoms with Gasteiger partial charge >= 0.3 is 11.9 Å². The molecule has 2 aromatic carbocycles. The van der Waals surface area contributed by atoms with Gasteiger partial charge < -0.3 is 20.8 Å². The summed E-state index contributed by atoms with van der Waals surface area (Å²) in [6, 6.07) is 20.6. The van der Waals surface area contributed by atoms with Gasteiger partial charge in [0.1, 0.15) is 0 Å². The predicted octanol–water partition coefficient (Wildman–Crippen LogP) is 3.44. The lowest BCUT2D eigenvalue weighted by molar-refractivity contribution is -0.151. The average molecular weight is 508 g/mol. The molecule has 0 saturated carbocycles. The van der Waals surface area contributed by atoms with Crippen LogP contribution in [0, 0.1) is 0 Å². The fourth-order valence-electron chi connectivity index (χ4n) is 3.53. The third kappa shape index (κ3) is 7.67. The van der Waals surface area contributed by atoms with Crippen LogP contribution < -0.4 is 10.6 Å². The molecule has 9 nitrogen and oxygen atoms in total. The Bertz CT molecular complexity index is 1190. The number of nitrogens with zero attached hydrogens (tertiary/aromatic N) is 1. The van der Waals surface area contributed by atoms with Gasteiger partial charge in [0.25, 0.3) is 0 Å². The van der Waals surface area contributed by atoms with Gasteiger partial charge in [0.2, 0.25) is 16.7 Å². The van der Waals surface area contributed by atoms with Gasteiger partial charge in [0.15, 0.2) is 0 Å². The summed E-state index contributed by atoms with van der Waals surface area (Å²) in [6.45, 7) is 0. The number of benzene rings is 2. The van der Waals surface area contributed by atoms with E-state index in [1.54, 1.807) is 48.7 Å². The van der Waals surface area contributed by atoms with Gasteiger partial charge in [-0.15, -0.1) is 0 Å². The molecule has 0 fully saturated rings. The number of rotatable bonds is 12. The van der Waals surface area contributed by atoms with E-state index >= 15 is 0 Å². The van der Waals surface area contributed by atoms with Crippen molar-refractivity contribution in [1.82, 2.24) is 10.3 Å². The quantitative estimate of drug-likeness (QED) is 0.271. The molecule has 1 heterocycles. The second-order valence-electron chi connectivity index (χ2n) is 7.98. The van der Waals surface area contributed by atoms with Gasteiger partial charge in [-0.2, -0.15) is 0 Å². The number of hydrogen-bond acceptors (Lipinski definition) is 7. The van der Waals surface area contributed by atoms with E-state index in [2.05, 4.69) is 15.6 Å². The van der Waals surface area contributed by atoms with Crippen molar-refractivity contribution in [2.45, 2.75) is 30.2 Å². The highest BCUT2D eigenvalue weighted by Crippen LogP contribution is 2.25. The van der Waals surface area contributed by atoms with Crippen molar-refractivity contribution in [2.75, 3.05) is 5.32 Å². The van der Waals surface area contributed by atoms with Gasteiger partial charge in [0, 0.05) is 35.3 Å². The number of carbonyl (C=O) groups excluding carboxylic acids is 2. The van der Waals surface area contributed by atoms with Crippen molar-refractivity contribution < 1.29 is 29.4 Å². The molecule has 3 aromatic rings. The van der Waals surface area contributed by atoms with Crippen molar-refractivity contribution >= 4 is 40.4 Å². The lowest BCUT2D eigenvalue weighted by atomic mass is 10.0. The molecule has 186 valence electrons. The Kier molecular flexibility index (Phi) is 9.18. The maximum Gasteiger partial charge on any atom is 0.351 e. The van der Waals surface area contributed by atoms with E-state index < -0.39 is 35.2 Å². The molecule has 4 N–H and O–H groups in total. The molecule has 0 saturated heterocycles. The molecule has 1 unspecified atom stereocenters. The molecule has 1 amide bonds. The number of amides is 1. The maximum absolute atomic E-state index is 13.1. The topological polar surface area (TPSA) is 146 Å². The zero-order valence-corrected chi connectivity index (χ0v) is 20.0. The molecular weight excluding hydrogens is 482 g/mol. The fourth-order valence-corrected chi connectivity index (χ4v) is 4.60. The Morgan fingerprint density at radius 3 is 2.17 bits per heavy atom. The van der Waals surface area contributed by atoms with Crippen LogP contribution in [-0.4, -0.2) is 49.1 Å². The van der Waals surface area contributed by atoms with Crippen LogP contribution in [0.2, 0.25) is 0 Å². The number of pyridine rings is 1. The van der Waals surface area contributed by atoms with Crippen LogP contribution in [0.25, 0.3) is 0 Å². The number of aliphatic carboxylic acids is 2. The lowest BCUT2D eigenvalue weighted by Crippen LogP contribution is -2.61. The Morgan fingerprint density at radius 2 is 1.58 bits per heavy atom. The molecule has 10 heteroatoms. The summed E-state index contributed by atoms with van der Waals surface area (Å²) in [5, 5.41) is 23.5. The minimum atomic E-state index is -2.29. The first-order chi connectivity index (χ1) is 17.3. The van der Waals surface area contributed by atoms with Crippen molar-refractivity contribution in [3.63, 3.8) is 0 Å². The maximum atomic E-state index is 13.1. The zero-order chi connectivity index (χ0) is 26.0. The Balaban J connectivity index is 1.82. The molecular formula is C26H25N3O6S. The Labute approximate surface area is 212 Å². The molecule has 36 heavy (non-hydrogen) atoms. The van der Waals surface area contributed by atoms with Crippen molar-refractivity contribution in [1.29, 1.82) is 0 Å². The first-order valence-electron chi connectivity index (χ1n) is 11.0. The number of para-hydroxylation sites is 1. The highest BCUT2D eigenvalue weighted by atomic mass is 32.2. The highest BCUT2D eigenvalue weighted by molar-refractivity contribution is 8.14. The van der Waals surface area contributed by atoms with Crippen LogP contribution in [-0.2, 0) is 20.8 Å². The van der Waals surface area contributed by atoms with Crippen LogP contribution in [0.3, 0.4) is 0 Å². The van der Waals surface area contributed by atoms with E-state index in [-0.39, 0.29) is 11.5 Å². The Morgan fingerprint density at radius 1 is 0.917 bits per heavy atom. The lowest BCUT2D eigenvalue weighted by Gasteiger charge is -2.31. The average Bonchev–Trinajstić information content (AvgIpc) is 2.85. The van der Waals surface area contributed by atoms with Crippen molar-refractivity contribution in [2.24, 2.45) is 0 Å². The summed E-state index contributed by atoms with van der Waals surface area (Å²) in [7, 11) is 0. The number of aromatic nitrogens is 1. The van der Waals surface area contributed by atoms with E-state index in [1.165, 1.54) is 6.20 Å². The largest absolute Gasteiger partial charge is 0.481 e. The van der Waals surface area contributed by atoms with Crippen LogP contribution in [0.15, 0.2) is 85.2 Å². The van der Waals surface area contributed by atoms with Crippen molar-refractivity contribution in [3.05, 3.63) is 96.3 Å². The van der Waals surface area contributed by atoms with Gasteiger partial charge in [-0.3, -0.25) is 19.4 Å². The number of carbonyl (C=O) groups is 4. The summed E-state index contributed by atoms with van der Waals surface area (Å²) in [4.78, 5) is 53.7. The van der Waals surface area contributed by atoms with Gasteiger partial charge in [-0.25, -0.2) is 4.79 Å². The van der Waals surface area contributed by atoms with Crippen LogP contribution >= 0.6 is 11.8 Å². The second-order valence-corrected chi connectivity index (χ2v) is 9.26. The number of hydrogen-bond donors (Lipinski definition) is 4. The predicted molar refractivity (Wildman–Crippen MR) is 136 cm³/mol. The van der Waals surface area contributed by atoms with Gasteiger partial charge in [-0.1, -0.05) is 60.3 Å². The molecule has 0 bridgehead atoms. The Hall–Kier alpha value is -4.18. The molecule has 0 spiro atoms. The monoisotopic (exact) mass is 507 g/mol. The summed E-state index contributed by atoms with van der Waals surface area (Å²) >= 11 is 0.949. The molecule has 2 atom stereocenters. The van der Waals surface area contributed by atoms with Crippen LogP contribution in [0.5, 0.6) is 0 Å².